The van der Waals surface area contributed by atoms with Gasteiger partial charge in [0.1, 0.15) is 0 Å². The number of anilines is 1. The van der Waals surface area contributed by atoms with Crippen LogP contribution in [-0.2, 0) is 0 Å². The highest BCUT2D eigenvalue weighted by Gasteiger charge is 2.21. The maximum atomic E-state index is 12.1. The molecule has 1 aliphatic heterocycles. The molecule has 2 rings (SSSR count). The van der Waals surface area contributed by atoms with E-state index in [1.165, 1.54) is 0 Å². The van der Waals surface area contributed by atoms with Crippen LogP contribution < -0.4 is 11.1 Å². The van der Waals surface area contributed by atoms with Crippen molar-refractivity contribution in [3.05, 3.63) is 29.8 Å². The minimum absolute atomic E-state index is 0. The first kappa shape index (κ1) is 12.7. The Morgan fingerprint density at radius 2 is 2.00 bits per heavy atom. The van der Waals surface area contributed by atoms with Crippen molar-refractivity contribution in [1.82, 2.24) is 5.32 Å². The molecule has 1 aliphatic rings. The molecule has 1 aromatic rings. The van der Waals surface area contributed by atoms with Crippen LogP contribution in [0.5, 0.6) is 0 Å². The molecule has 3 nitrogen and oxygen atoms in total. The molecule has 1 fully saturated rings. The predicted molar refractivity (Wildman–Crippen MR) is 67.5 cm³/mol. The van der Waals surface area contributed by atoms with Crippen molar-refractivity contribution in [3.63, 3.8) is 0 Å². The molecular formula is C13H20N2O. The molecule has 0 bridgehead atoms. The number of hydrogen-bond acceptors (Lipinski definition) is 3. The quantitative estimate of drug-likeness (QED) is 0.592. The van der Waals surface area contributed by atoms with Crippen molar-refractivity contribution in [3.8, 4) is 0 Å². The Balaban J connectivity index is 0.00000128. The Labute approximate surface area is 97.0 Å². The fraction of sp³-hybridized carbons (Fsp3) is 0.462. The van der Waals surface area contributed by atoms with Crippen LogP contribution in [0.1, 0.15) is 30.6 Å². The van der Waals surface area contributed by atoms with Gasteiger partial charge >= 0.3 is 0 Å². The molecule has 16 heavy (non-hydrogen) atoms. The standard InChI is InChI=1S/C12H16N2O.CH4/c13-11-3-1-2-10(8-11)12(15)9-4-6-14-7-5-9;/h1-3,8-9,14H,4-7,13H2;1H4. The van der Waals surface area contributed by atoms with Gasteiger partial charge in [-0.15, -0.1) is 0 Å². The maximum Gasteiger partial charge on any atom is 0.166 e. The summed E-state index contributed by atoms with van der Waals surface area (Å²) in [4.78, 5) is 12.1. The molecule has 1 saturated heterocycles. The van der Waals surface area contributed by atoms with E-state index in [2.05, 4.69) is 5.32 Å². The van der Waals surface area contributed by atoms with Crippen molar-refractivity contribution < 1.29 is 4.79 Å². The fourth-order valence-corrected chi connectivity index (χ4v) is 2.01. The lowest BCUT2D eigenvalue weighted by atomic mass is 9.89. The minimum atomic E-state index is 0. The molecule has 0 aliphatic carbocycles. The van der Waals surface area contributed by atoms with E-state index in [1.807, 2.05) is 12.1 Å². The SMILES string of the molecule is C.Nc1cccc(C(=O)C2CCNCC2)c1. The summed E-state index contributed by atoms with van der Waals surface area (Å²) in [5, 5.41) is 3.26. The summed E-state index contributed by atoms with van der Waals surface area (Å²) in [6.45, 7) is 1.89. The smallest absolute Gasteiger partial charge is 0.166 e. The molecule has 0 unspecified atom stereocenters. The van der Waals surface area contributed by atoms with Gasteiger partial charge in [-0.2, -0.15) is 0 Å². The van der Waals surface area contributed by atoms with Gasteiger partial charge in [0.25, 0.3) is 0 Å². The van der Waals surface area contributed by atoms with E-state index in [0.717, 1.165) is 31.5 Å². The number of piperidine rings is 1. The second-order valence-corrected chi connectivity index (χ2v) is 4.01. The zero-order chi connectivity index (χ0) is 10.7. The number of benzene rings is 1. The molecule has 0 aromatic heterocycles. The van der Waals surface area contributed by atoms with Gasteiger partial charge in [0.05, 0.1) is 0 Å². The number of rotatable bonds is 2. The number of carbonyl (C=O) groups excluding carboxylic acids is 1. The molecule has 88 valence electrons. The summed E-state index contributed by atoms with van der Waals surface area (Å²) in [6, 6.07) is 7.26. The van der Waals surface area contributed by atoms with Gasteiger partial charge in [0.15, 0.2) is 5.78 Å². The topological polar surface area (TPSA) is 55.1 Å². The monoisotopic (exact) mass is 220 g/mol. The molecule has 1 aromatic carbocycles. The number of nitrogens with one attached hydrogen (secondary N) is 1. The number of nitrogen functional groups attached to an aromatic ring is 1. The van der Waals surface area contributed by atoms with Crippen LogP contribution in [0.25, 0.3) is 0 Å². The average Bonchev–Trinajstić information content (AvgIpc) is 2.29. The number of ketones is 1. The molecule has 0 atom stereocenters. The van der Waals surface area contributed by atoms with Crippen LogP contribution in [0.3, 0.4) is 0 Å². The Morgan fingerprint density at radius 3 is 2.62 bits per heavy atom. The Bertz CT molecular complexity index is 357. The van der Waals surface area contributed by atoms with Gasteiger partial charge in [0.2, 0.25) is 0 Å². The largest absolute Gasteiger partial charge is 0.399 e. The number of Topliss-reactive ketones (excluding diaryl/α,β-unsaturated/α-hetero) is 1. The van der Waals surface area contributed by atoms with Crippen LogP contribution in [0.4, 0.5) is 5.69 Å². The Hall–Kier alpha value is -1.35. The number of carbonyl (C=O) groups is 1. The predicted octanol–water partition coefficient (Wildman–Crippen LogP) is 2.09. The summed E-state index contributed by atoms with van der Waals surface area (Å²) in [6.07, 6.45) is 1.88. The first-order chi connectivity index (χ1) is 7.27. The summed E-state index contributed by atoms with van der Waals surface area (Å²) < 4.78 is 0. The summed E-state index contributed by atoms with van der Waals surface area (Å²) in [5.41, 5.74) is 7.07. The molecule has 1 heterocycles. The van der Waals surface area contributed by atoms with Gasteiger partial charge in [0, 0.05) is 17.2 Å². The first-order valence-corrected chi connectivity index (χ1v) is 5.38. The third kappa shape index (κ3) is 2.83. The molecular weight excluding hydrogens is 200 g/mol. The van der Waals surface area contributed by atoms with E-state index in [4.69, 9.17) is 5.73 Å². The van der Waals surface area contributed by atoms with Gasteiger partial charge in [-0.3, -0.25) is 4.79 Å². The zero-order valence-electron chi connectivity index (χ0n) is 8.70. The van der Waals surface area contributed by atoms with Crippen molar-refractivity contribution in [1.29, 1.82) is 0 Å². The highest BCUT2D eigenvalue weighted by Crippen LogP contribution is 2.19. The summed E-state index contributed by atoms with van der Waals surface area (Å²) in [7, 11) is 0. The van der Waals surface area contributed by atoms with Gasteiger partial charge in [-0.25, -0.2) is 0 Å². The van der Waals surface area contributed by atoms with E-state index in [1.54, 1.807) is 12.1 Å². The van der Waals surface area contributed by atoms with E-state index in [0.29, 0.717) is 5.69 Å². The molecule has 3 N–H and O–H groups in total. The van der Waals surface area contributed by atoms with Gasteiger partial charge < -0.3 is 11.1 Å². The normalized spacial score (nSPS) is 16.5. The average molecular weight is 220 g/mol. The van der Waals surface area contributed by atoms with Crippen LogP contribution in [0, 0.1) is 5.92 Å². The van der Waals surface area contributed by atoms with Crippen molar-refractivity contribution in [2.24, 2.45) is 5.92 Å². The molecule has 3 heteroatoms. The second kappa shape index (κ2) is 5.66. The maximum absolute atomic E-state index is 12.1. The first-order valence-electron chi connectivity index (χ1n) is 5.38. The highest BCUT2D eigenvalue weighted by molar-refractivity contribution is 5.98. The van der Waals surface area contributed by atoms with Crippen LogP contribution >= 0.6 is 0 Å². The summed E-state index contributed by atoms with van der Waals surface area (Å²) in [5.74, 6) is 0.414. The van der Waals surface area contributed by atoms with E-state index in [-0.39, 0.29) is 19.1 Å². The van der Waals surface area contributed by atoms with Crippen molar-refractivity contribution in [2.45, 2.75) is 20.3 Å². The molecule has 0 amide bonds. The van der Waals surface area contributed by atoms with Gasteiger partial charge in [-0.1, -0.05) is 19.6 Å². The molecule has 0 saturated carbocycles. The van der Waals surface area contributed by atoms with Crippen LogP contribution in [0.2, 0.25) is 0 Å². The fourth-order valence-electron chi connectivity index (χ4n) is 2.01. The van der Waals surface area contributed by atoms with Crippen molar-refractivity contribution >= 4 is 11.5 Å². The van der Waals surface area contributed by atoms with E-state index in [9.17, 15) is 4.79 Å². The van der Waals surface area contributed by atoms with Crippen LogP contribution in [0.15, 0.2) is 24.3 Å². The Morgan fingerprint density at radius 1 is 1.31 bits per heavy atom. The Kier molecular flexibility index (Phi) is 4.50. The number of hydrogen-bond donors (Lipinski definition) is 2. The lowest BCUT2D eigenvalue weighted by Crippen LogP contribution is -2.31. The van der Waals surface area contributed by atoms with E-state index >= 15 is 0 Å². The summed E-state index contributed by atoms with van der Waals surface area (Å²) >= 11 is 0. The minimum Gasteiger partial charge on any atom is -0.399 e. The molecule has 0 spiro atoms. The zero-order valence-corrected chi connectivity index (χ0v) is 8.70. The highest BCUT2D eigenvalue weighted by atomic mass is 16.1. The van der Waals surface area contributed by atoms with Crippen molar-refractivity contribution in [2.75, 3.05) is 18.8 Å². The third-order valence-electron chi connectivity index (χ3n) is 2.88. The molecule has 0 radical (unpaired) electrons. The van der Waals surface area contributed by atoms with Gasteiger partial charge in [-0.05, 0) is 38.1 Å². The number of nitrogens with two attached hydrogens (primary N) is 1. The second-order valence-electron chi connectivity index (χ2n) is 4.01. The van der Waals surface area contributed by atoms with Crippen LogP contribution in [-0.4, -0.2) is 18.9 Å². The third-order valence-corrected chi connectivity index (χ3v) is 2.88. The van der Waals surface area contributed by atoms with E-state index < -0.39 is 0 Å². The lowest BCUT2D eigenvalue weighted by molar-refractivity contribution is 0.0895. The lowest BCUT2D eigenvalue weighted by Gasteiger charge is -2.21.